The molecule has 37 heavy (non-hydrogen) atoms. The van der Waals surface area contributed by atoms with E-state index < -0.39 is 5.60 Å². The fourth-order valence-electron chi connectivity index (χ4n) is 4.74. The molecule has 5 rings (SSSR count). The van der Waals surface area contributed by atoms with Crippen molar-refractivity contribution in [1.29, 1.82) is 0 Å². The molecule has 2 aliphatic rings. The van der Waals surface area contributed by atoms with Crippen LogP contribution in [0.2, 0.25) is 0 Å². The summed E-state index contributed by atoms with van der Waals surface area (Å²) < 4.78 is 17.2. The third-order valence-corrected chi connectivity index (χ3v) is 6.87. The van der Waals surface area contributed by atoms with E-state index in [1.54, 1.807) is 30.5 Å². The van der Waals surface area contributed by atoms with E-state index in [4.69, 9.17) is 4.98 Å². The van der Waals surface area contributed by atoms with Gasteiger partial charge in [0.2, 0.25) is 5.95 Å². The standard InChI is InChI=1S/C27H35FN8O/c1-5-7-20-24(28)19-17-30-26(31-18-10-11-22(29-16-18)35-14-12-34(4)13-15-35)33-25(19)36(20)23-9-6-8-21(32-23)27(2,3)37/h6,8-11,16-17,22,29,37H,5,7,12-15H2,1-4H3,(H,30,31,33). The van der Waals surface area contributed by atoms with Gasteiger partial charge in [-0.05, 0) is 51.6 Å². The van der Waals surface area contributed by atoms with Gasteiger partial charge in [0.1, 0.15) is 11.4 Å². The molecule has 0 aliphatic carbocycles. The summed E-state index contributed by atoms with van der Waals surface area (Å²) in [4.78, 5) is 18.5. The Balaban J connectivity index is 1.44. The molecule has 0 spiro atoms. The van der Waals surface area contributed by atoms with Crippen molar-refractivity contribution in [1.82, 2.24) is 34.6 Å². The van der Waals surface area contributed by atoms with Gasteiger partial charge in [0, 0.05) is 38.6 Å². The molecule has 10 heteroatoms. The number of halogens is 1. The largest absolute Gasteiger partial charge is 0.384 e. The summed E-state index contributed by atoms with van der Waals surface area (Å²) in [6.07, 6.45) is 9.01. The number of piperazine rings is 1. The van der Waals surface area contributed by atoms with Gasteiger partial charge in [-0.2, -0.15) is 4.98 Å². The number of fused-ring (bicyclic) bond motifs is 1. The van der Waals surface area contributed by atoms with Crippen LogP contribution in [0, 0.1) is 5.82 Å². The molecule has 2 aliphatic heterocycles. The molecule has 1 fully saturated rings. The highest BCUT2D eigenvalue weighted by Crippen LogP contribution is 2.29. The normalized spacial score (nSPS) is 19.2. The van der Waals surface area contributed by atoms with Gasteiger partial charge in [-0.25, -0.2) is 14.4 Å². The van der Waals surface area contributed by atoms with E-state index in [0.717, 1.165) is 38.3 Å². The Hall–Kier alpha value is -3.34. The van der Waals surface area contributed by atoms with Crippen molar-refractivity contribution >= 4 is 17.0 Å². The number of allylic oxidation sites excluding steroid dienone is 1. The molecule has 0 radical (unpaired) electrons. The number of aromatic nitrogens is 4. The molecule has 1 saturated heterocycles. The number of nitrogens with one attached hydrogen (secondary N) is 2. The van der Waals surface area contributed by atoms with E-state index in [0.29, 0.717) is 40.6 Å². The highest BCUT2D eigenvalue weighted by atomic mass is 19.1. The number of hydrogen-bond donors (Lipinski definition) is 3. The first-order chi connectivity index (χ1) is 17.7. The van der Waals surface area contributed by atoms with Crippen LogP contribution in [-0.4, -0.2) is 73.8 Å². The Morgan fingerprint density at radius 1 is 1.19 bits per heavy atom. The van der Waals surface area contributed by atoms with Gasteiger partial charge in [0.15, 0.2) is 11.5 Å². The molecule has 1 unspecified atom stereocenters. The second-order valence-corrected chi connectivity index (χ2v) is 10.3. The van der Waals surface area contributed by atoms with Crippen molar-refractivity contribution < 1.29 is 9.50 Å². The first-order valence-corrected chi connectivity index (χ1v) is 12.8. The van der Waals surface area contributed by atoms with Gasteiger partial charge in [0.25, 0.3) is 0 Å². The minimum atomic E-state index is -1.13. The summed E-state index contributed by atoms with van der Waals surface area (Å²) in [6.45, 7) is 9.50. The highest BCUT2D eigenvalue weighted by molar-refractivity contribution is 5.80. The van der Waals surface area contributed by atoms with E-state index >= 15 is 4.39 Å². The lowest BCUT2D eigenvalue weighted by Gasteiger charge is -2.37. The maximum absolute atomic E-state index is 15.5. The Bertz CT molecular complexity index is 1330. The maximum Gasteiger partial charge on any atom is 0.229 e. The molecule has 3 N–H and O–H groups in total. The monoisotopic (exact) mass is 506 g/mol. The van der Waals surface area contributed by atoms with Gasteiger partial charge < -0.3 is 20.6 Å². The molecule has 1 atom stereocenters. The summed E-state index contributed by atoms with van der Waals surface area (Å²) in [7, 11) is 2.15. The van der Waals surface area contributed by atoms with Crippen LogP contribution in [0.5, 0.6) is 0 Å². The number of dihydropyridines is 1. The lowest BCUT2D eigenvalue weighted by atomic mass is 10.1. The zero-order chi connectivity index (χ0) is 26.2. The van der Waals surface area contributed by atoms with Crippen molar-refractivity contribution in [2.45, 2.75) is 45.4 Å². The Labute approximate surface area is 216 Å². The van der Waals surface area contributed by atoms with Crippen molar-refractivity contribution in [3.05, 3.63) is 65.7 Å². The van der Waals surface area contributed by atoms with Crippen molar-refractivity contribution in [3.63, 3.8) is 0 Å². The van der Waals surface area contributed by atoms with E-state index in [2.05, 4.69) is 43.5 Å². The van der Waals surface area contributed by atoms with Crippen LogP contribution < -0.4 is 10.6 Å². The lowest BCUT2D eigenvalue weighted by molar-refractivity contribution is 0.0738. The van der Waals surface area contributed by atoms with Gasteiger partial charge in [-0.1, -0.05) is 19.4 Å². The molecule has 3 aromatic rings. The number of aliphatic hydroxyl groups is 1. The first-order valence-electron chi connectivity index (χ1n) is 12.8. The van der Waals surface area contributed by atoms with Gasteiger partial charge in [-0.3, -0.25) is 9.47 Å². The molecule has 0 aromatic carbocycles. The number of rotatable bonds is 7. The number of anilines is 1. The van der Waals surface area contributed by atoms with E-state index in [-0.39, 0.29) is 12.0 Å². The minimum Gasteiger partial charge on any atom is -0.384 e. The predicted octanol–water partition coefficient (Wildman–Crippen LogP) is 3.12. The van der Waals surface area contributed by atoms with Crippen LogP contribution >= 0.6 is 0 Å². The molecule has 5 heterocycles. The highest BCUT2D eigenvalue weighted by Gasteiger charge is 2.24. The van der Waals surface area contributed by atoms with Crippen LogP contribution in [0.3, 0.4) is 0 Å². The molecular formula is C27H35FN8O. The fourth-order valence-corrected chi connectivity index (χ4v) is 4.74. The maximum atomic E-state index is 15.5. The first kappa shape index (κ1) is 25.3. The van der Waals surface area contributed by atoms with Crippen molar-refractivity contribution in [2.75, 3.05) is 38.5 Å². The topological polar surface area (TPSA) is 94.4 Å². The van der Waals surface area contributed by atoms with Crippen molar-refractivity contribution in [3.8, 4) is 5.82 Å². The Kier molecular flexibility index (Phi) is 6.98. The van der Waals surface area contributed by atoms with Crippen LogP contribution in [0.15, 0.2) is 48.4 Å². The van der Waals surface area contributed by atoms with Crippen LogP contribution in [0.4, 0.5) is 10.3 Å². The number of hydrogen-bond acceptors (Lipinski definition) is 8. The van der Waals surface area contributed by atoms with Crippen molar-refractivity contribution in [2.24, 2.45) is 0 Å². The molecule has 0 amide bonds. The van der Waals surface area contributed by atoms with Crippen LogP contribution in [0.25, 0.3) is 16.9 Å². The molecule has 196 valence electrons. The van der Waals surface area contributed by atoms with Crippen LogP contribution in [-0.2, 0) is 12.0 Å². The summed E-state index contributed by atoms with van der Waals surface area (Å²) in [5, 5.41) is 17.5. The number of pyridine rings is 1. The van der Waals surface area contributed by atoms with Gasteiger partial charge in [-0.15, -0.1) is 0 Å². The summed E-state index contributed by atoms with van der Waals surface area (Å²) in [5.41, 5.74) is 1.12. The third kappa shape index (κ3) is 5.22. The van der Waals surface area contributed by atoms with Gasteiger partial charge in [0.05, 0.1) is 28.6 Å². The summed E-state index contributed by atoms with van der Waals surface area (Å²) >= 11 is 0. The van der Waals surface area contributed by atoms with E-state index in [1.807, 2.05) is 25.3 Å². The second kappa shape index (κ2) is 10.2. The zero-order valence-electron chi connectivity index (χ0n) is 21.9. The molecular weight excluding hydrogens is 471 g/mol. The average Bonchev–Trinajstić information content (AvgIpc) is 3.15. The molecule has 9 nitrogen and oxygen atoms in total. The second-order valence-electron chi connectivity index (χ2n) is 10.3. The lowest BCUT2D eigenvalue weighted by Crippen LogP contribution is -2.52. The SMILES string of the molecule is CCCc1c(F)c2cnc(NC3=CNC(N4CCN(C)CC4)C=C3)nc2n1-c1cccc(C(C)(C)O)n1. The molecule has 0 bridgehead atoms. The molecule has 3 aromatic heterocycles. The third-order valence-electron chi connectivity index (χ3n) is 6.87. The fraction of sp³-hybridized carbons (Fsp3) is 0.444. The smallest absolute Gasteiger partial charge is 0.229 e. The Morgan fingerprint density at radius 2 is 1.97 bits per heavy atom. The number of nitrogens with zero attached hydrogens (tertiary/aromatic N) is 6. The van der Waals surface area contributed by atoms with Gasteiger partial charge >= 0.3 is 0 Å². The van der Waals surface area contributed by atoms with E-state index in [1.165, 1.54) is 6.20 Å². The van der Waals surface area contributed by atoms with E-state index in [9.17, 15) is 5.11 Å². The average molecular weight is 507 g/mol. The Morgan fingerprint density at radius 3 is 2.65 bits per heavy atom. The zero-order valence-corrected chi connectivity index (χ0v) is 21.9. The summed E-state index contributed by atoms with van der Waals surface area (Å²) in [5.74, 6) is 0.533. The van der Waals surface area contributed by atoms with Crippen LogP contribution in [0.1, 0.15) is 38.6 Å². The molecule has 0 saturated carbocycles. The number of likely N-dealkylation sites (N-methyl/N-ethyl adjacent to an activating group) is 1. The quantitative estimate of drug-likeness (QED) is 0.450. The predicted molar refractivity (Wildman–Crippen MR) is 143 cm³/mol. The summed E-state index contributed by atoms with van der Waals surface area (Å²) in [6, 6.07) is 5.38. The minimum absolute atomic E-state index is 0.153.